The summed E-state index contributed by atoms with van der Waals surface area (Å²) in [6, 6.07) is 4.97. The van der Waals surface area contributed by atoms with Gasteiger partial charge in [0.05, 0.1) is 4.92 Å². The molecule has 0 fully saturated rings. The van der Waals surface area contributed by atoms with Crippen molar-refractivity contribution in [1.29, 1.82) is 0 Å². The second-order valence-corrected chi connectivity index (χ2v) is 4.39. The van der Waals surface area contributed by atoms with E-state index in [2.05, 4.69) is 19.2 Å². The molecule has 0 aliphatic rings. The third-order valence-electron chi connectivity index (χ3n) is 2.65. The molecule has 17 heavy (non-hydrogen) atoms. The van der Waals surface area contributed by atoms with Crippen LogP contribution >= 0.6 is 11.6 Å². The lowest BCUT2D eigenvalue weighted by atomic mass is 10.1. The van der Waals surface area contributed by atoms with Gasteiger partial charge in [-0.3, -0.25) is 10.1 Å². The molecule has 1 unspecified atom stereocenters. The summed E-state index contributed by atoms with van der Waals surface area (Å²) in [4.78, 5) is 10.5. The topological polar surface area (TPSA) is 55.2 Å². The number of nitro groups is 1. The maximum atomic E-state index is 10.9. The highest BCUT2D eigenvalue weighted by Crippen LogP contribution is 2.29. The van der Waals surface area contributed by atoms with E-state index < -0.39 is 4.92 Å². The van der Waals surface area contributed by atoms with Crippen LogP contribution in [-0.4, -0.2) is 11.0 Å². The molecule has 1 aromatic rings. The summed E-state index contributed by atoms with van der Waals surface area (Å²) in [5.41, 5.74) is 0.576. The number of nitrogens with zero attached hydrogens (tertiary/aromatic N) is 1. The Hall–Kier alpha value is -1.29. The first kappa shape index (κ1) is 13.8. The zero-order chi connectivity index (χ0) is 12.8. The van der Waals surface area contributed by atoms with Crippen LogP contribution in [0.4, 0.5) is 11.4 Å². The van der Waals surface area contributed by atoms with E-state index in [0.29, 0.717) is 10.7 Å². The third kappa shape index (κ3) is 3.89. The highest BCUT2D eigenvalue weighted by atomic mass is 35.5. The molecule has 1 aromatic carbocycles. The van der Waals surface area contributed by atoms with E-state index in [1.807, 2.05) is 0 Å². The van der Waals surface area contributed by atoms with Crippen molar-refractivity contribution >= 4 is 23.0 Å². The maximum absolute atomic E-state index is 10.9. The van der Waals surface area contributed by atoms with Crippen LogP contribution in [0.3, 0.4) is 0 Å². The summed E-state index contributed by atoms with van der Waals surface area (Å²) in [6.45, 7) is 4.16. The van der Waals surface area contributed by atoms with E-state index in [4.69, 9.17) is 11.6 Å². The molecule has 0 aliphatic carbocycles. The van der Waals surface area contributed by atoms with Crippen LogP contribution in [0.15, 0.2) is 18.2 Å². The first-order valence-electron chi connectivity index (χ1n) is 5.79. The van der Waals surface area contributed by atoms with Gasteiger partial charge in [0, 0.05) is 17.1 Å². The van der Waals surface area contributed by atoms with E-state index in [9.17, 15) is 10.1 Å². The Balaban J connectivity index is 2.92. The molecular formula is C12H17ClN2O2. The van der Waals surface area contributed by atoms with Crippen LogP contribution in [-0.2, 0) is 0 Å². The molecule has 0 bridgehead atoms. The van der Waals surface area contributed by atoms with Gasteiger partial charge in [0.2, 0.25) is 0 Å². The van der Waals surface area contributed by atoms with Crippen molar-refractivity contribution in [2.75, 3.05) is 5.32 Å². The number of benzene rings is 1. The summed E-state index contributed by atoms with van der Waals surface area (Å²) >= 11 is 5.76. The van der Waals surface area contributed by atoms with Crippen LogP contribution in [0.2, 0.25) is 5.02 Å². The molecule has 0 amide bonds. The predicted molar refractivity (Wildman–Crippen MR) is 70.7 cm³/mol. The fraction of sp³-hybridized carbons (Fsp3) is 0.500. The molecule has 0 radical (unpaired) electrons. The molecule has 1 atom stereocenters. The van der Waals surface area contributed by atoms with Gasteiger partial charge in [0.15, 0.2) is 0 Å². The third-order valence-corrected chi connectivity index (χ3v) is 2.88. The van der Waals surface area contributed by atoms with Crippen molar-refractivity contribution in [3.63, 3.8) is 0 Å². The lowest BCUT2D eigenvalue weighted by Gasteiger charge is -2.17. The van der Waals surface area contributed by atoms with Gasteiger partial charge in [-0.25, -0.2) is 0 Å². The minimum absolute atomic E-state index is 0.0343. The fourth-order valence-corrected chi connectivity index (χ4v) is 1.89. The Kier molecular flexibility index (Phi) is 5.22. The molecule has 0 spiro atoms. The van der Waals surface area contributed by atoms with Gasteiger partial charge in [-0.15, -0.1) is 0 Å². The lowest BCUT2D eigenvalue weighted by Crippen LogP contribution is -2.18. The van der Waals surface area contributed by atoms with Crippen molar-refractivity contribution in [3.8, 4) is 0 Å². The van der Waals surface area contributed by atoms with Crippen molar-refractivity contribution in [2.45, 2.75) is 39.2 Å². The summed E-state index contributed by atoms with van der Waals surface area (Å²) in [6.07, 6.45) is 2.98. The first-order valence-corrected chi connectivity index (χ1v) is 6.16. The van der Waals surface area contributed by atoms with Gasteiger partial charge >= 0.3 is 0 Å². The smallest absolute Gasteiger partial charge is 0.293 e. The predicted octanol–water partition coefficient (Wildman–Crippen LogP) is 4.24. The molecule has 1 N–H and O–H groups in total. The summed E-state index contributed by atoms with van der Waals surface area (Å²) < 4.78 is 0. The number of nitrogens with one attached hydrogen (secondary N) is 1. The molecule has 0 heterocycles. The van der Waals surface area contributed by atoms with Gasteiger partial charge in [-0.05, 0) is 25.0 Å². The quantitative estimate of drug-likeness (QED) is 0.612. The van der Waals surface area contributed by atoms with Gasteiger partial charge in [-0.1, -0.05) is 31.9 Å². The zero-order valence-electron chi connectivity index (χ0n) is 10.1. The van der Waals surface area contributed by atoms with Crippen molar-refractivity contribution in [1.82, 2.24) is 0 Å². The summed E-state index contributed by atoms with van der Waals surface area (Å²) in [5, 5.41) is 14.5. The number of nitro benzene ring substituents is 1. The second-order valence-electron chi connectivity index (χ2n) is 3.96. The molecule has 0 saturated carbocycles. The molecule has 0 saturated heterocycles. The van der Waals surface area contributed by atoms with Crippen LogP contribution in [0.1, 0.15) is 33.1 Å². The first-order chi connectivity index (χ1) is 8.08. The molecule has 0 aliphatic heterocycles. The van der Waals surface area contributed by atoms with Crippen molar-refractivity contribution < 1.29 is 4.92 Å². The Morgan fingerprint density at radius 2 is 2.18 bits per heavy atom. The lowest BCUT2D eigenvalue weighted by molar-refractivity contribution is -0.384. The van der Waals surface area contributed by atoms with Crippen LogP contribution in [0, 0.1) is 10.1 Å². The number of hydrogen-bond acceptors (Lipinski definition) is 3. The van der Waals surface area contributed by atoms with Gasteiger partial charge < -0.3 is 5.32 Å². The van der Waals surface area contributed by atoms with Gasteiger partial charge in [0.1, 0.15) is 5.69 Å². The number of rotatable bonds is 6. The zero-order valence-corrected chi connectivity index (χ0v) is 10.8. The van der Waals surface area contributed by atoms with E-state index in [1.54, 1.807) is 12.1 Å². The number of hydrogen-bond donors (Lipinski definition) is 1. The van der Waals surface area contributed by atoms with Crippen molar-refractivity contribution in [3.05, 3.63) is 33.3 Å². The van der Waals surface area contributed by atoms with Gasteiger partial charge in [0.25, 0.3) is 5.69 Å². The van der Waals surface area contributed by atoms with E-state index in [0.717, 1.165) is 19.3 Å². The average Bonchev–Trinajstić information content (AvgIpc) is 2.30. The highest BCUT2D eigenvalue weighted by Gasteiger charge is 2.16. The van der Waals surface area contributed by atoms with E-state index >= 15 is 0 Å². The van der Waals surface area contributed by atoms with Crippen LogP contribution in [0.5, 0.6) is 0 Å². The minimum Gasteiger partial charge on any atom is -0.377 e. The molecule has 4 nitrogen and oxygen atoms in total. The summed E-state index contributed by atoms with van der Waals surface area (Å²) in [7, 11) is 0. The Labute approximate surface area is 106 Å². The normalized spacial score (nSPS) is 12.2. The molecule has 1 rings (SSSR count). The number of halogens is 1. The second kappa shape index (κ2) is 6.45. The summed E-state index contributed by atoms with van der Waals surface area (Å²) in [5.74, 6) is 0. The maximum Gasteiger partial charge on any atom is 0.293 e. The average molecular weight is 257 g/mol. The number of anilines is 1. The van der Waals surface area contributed by atoms with Crippen LogP contribution < -0.4 is 5.32 Å². The SMILES string of the molecule is CCCC(CC)Nc1ccc(Cl)cc1[N+](=O)[O-]. The van der Waals surface area contributed by atoms with Gasteiger partial charge in [-0.2, -0.15) is 0 Å². The van der Waals surface area contributed by atoms with E-state index in [-0.39, 0.29) is 11.7 Å². The molecular weight excluding hydrogens is 240 g/mol. The van der Waals surface area contributed by atoms with E-state index in [1.165, 1.54) is 6.07 Å². The Morgan fingerprint density at radius 1 is 1.47 bits per heavy atom. The standard InChI is InChI=1S/C12H17ClN2O2/c1-3-5-10(4-2)14-11-7-6-9(13)8-12(11)15(16)17/h6-8,10,14H,3-5H2,1-2H3. The van der Waals surface area contributed by atoms with Crippen LogP contribution in [0.25, 0.3) is 0 Å². The monoisotopic (exact) mass is 256 g/mol. The fourth-order valence-electron chi connectivity index (χ4n) is 1.72. The highest BCUT2D eigenvalue weighted by molar-refractivity contribution is 6.30. The largest absolute Gasteiger partial charge is 0.377 e. The Bertz CT molecular complexity index is 396. The molecule has 5 heteroatoms. The van der Waals surface area contributed by atoms with Crippen molar-refractivity contribution in [2.24, 2.45) is 0 Å². The molecule has 94 valence electrons. The molecule has 0 aromatic heterocycles. The minimum atomic E-state index is -0.410. The Morgan fingerprint density at radius 3 is 2.71 bits per heavy atom.